The van der Waals surface area contributed by atoms with Gasteiger partial charge >= 0.3 is 6.09 Å². The number of aliphatic hydroxyl groups is 1. The van der Waals surface area contributed by atoms with Crippen LogP contribution in [0.15, 0.2) is 18.3 Å². The molecule has 1 aliphatic heterocycles. The zero-order valence-corrected chi connectivity index (χ0v) is 10.0. The summed E-state index contributed by atoms with van der Waals surface area (Å²) in [6.45, 7) is 0.0823. The van der Waals surface area contributed by atoms with Crippen LogP contribution in [0.2, 0.25) is 0 Å². The van der Waals surface area contributed by atoms with Gasteiger partial charge in [-0.1, -0.05) is 0 Å². The first-order valence-corrected chi connectivity index (χ1v) is 5.79. The predicted molar refractivity (Wildman–Crippen MR) is 62.3 cm³/mol. The molecule has 6 nitrogen and oxygen atoms in total. The molecule has 19 heavy (non-hydrogen) atoms. The van der Waals surface area contributed by atoms with Crippen LogP contribution >= 0.6 is 0 Å². The lowest BCUT2D eigenvalue weighted by Gasteiger charge is -2.35. The Morgan fingerprint density at radius 1 is 1.37 bits per heavy atom. The summed E-state index contributed by atoms with van der Waals surface area (Å²) in [5.41, 5.74) is -2.00. The van der Waals surface area contributed by atoms with Crippen LogP contribution in [0.1, 0.15) is 23.2 Å². The number of carboxylic acid groups (broad SMARTS) is 1. The number of rotatable bonds is 2. The second kappa shape index (κ2) is 4.93. The predicted octanol–water partition coefficient (Wildman–Crippen LogP) is 0.908. The molecule has 0 aromatic carbocycles. The van der Waals surface area contributed by atoms with E-state index >= 15 is 0 Å². The minimum absolute atomic E-state index is 0.0411. The lowest BCUT2D eigenvalue weighted by molar-refractivity contribution is -0.00403. The Morgan fingerprint density at radius 2 is 2.00 bits per heavy atom. The maximum atomic E-state index is 13.4. The number of nitrogens with zero attached hydrogens (tertiary/aromatic N) is 2. The molecule has 0 saturated carbocycles. The number of aromatic nitrogens is 1. The van der Waals surface area contributed by atoms with Crippen molar-refractivity contribution in [3.8, 4) is 0 Å². The van der Waals surface area contributed by atoms with Crippen LogP contribution < -0.4 is 0 Å². The van der Waals surface area contributed by atoms with Gasteiger partial charge in [0.15, 0.2) is 5.78 Å². The highest BCUT2D eigenvalue weighted by Gasteiger charge is 2.41. The number of hydrogen-bond donors (Lipinski definition) is 2. The Balaban J connectivity index is 2.16. The van der Waals surface area contributed by atoms with E-state index in [1.165, 1.54) is 18.3 Å². The van der Waals surface area contributed by atoms with E-state index in [9.17, 15) is 19.1 Å². The lowest BCUT2D eigenvalue weighted by Crippen LogP contribution is -2.50. The Labute approximate surface area is 108 Å². The molecule has 0 aliphatic carbocycles. The fourth-order valence-electron chi connectivity index (χ4n) is 2.10. The van der Waals surface area contributed by atoms with Crippen LogP contribution in [0.5, 0.6) is 0 Å². The molecule has 0 bridgehead atoms. The maximum absolute atomic E-state index is 13.4. The van der Waals surface area contributed by atoms with Crippen LogP contribution in [0.25, 0.3) is 0 Å². The number of piperidine rings is 1. The molecule has 1 aromatic rings. The fourth-order valence-corrected chi connectivity index (χ4v) is 2.10. The summed E-state index contributed by atoms with van der Waals surface area (Å²) in [6, 6.07) is 2.66. The number of hydrogen-bond acceptors (Lipinski definition) is 4. The van der Waals surface area contributed by atoms with Gasteiger partial charge in [-0.05, 0) is 12.1 Å². The zero-order chi connectivity index (χ0) is 14.0. The quantitative estimate of drug-likeness (QED) is 0.614. The van der Waals surface area contributed by atoms with E-state index in [4.69, 9.17) is 5.11 Å². The number of amides is 1. The molecular weight excluding hydrogens is 255 g/mol. The third-order valence-electron chi connectivity index (χ3n) is 3.29. The summed E-state index contributed by atoms with van der Waals surface area (Å²) in [5.74, 6) is -1.68. The first kappa shape index (κ1) is 13.4. The molecule has 1 saturated heterocycles. The van der Waals surface area contributed by atoms with Gasteiger partial charge in [-0.25, -0.2) is 9.78 Å². The lowest BCUT2D eigenvalue weighted by atomic mass is 9.84. The monoisotopic (exact) mass is 268 g/mol. The van der Waals surface area contributed by atoms with Crippen LogP contribution in [-0.4, -0.2) is 50.7 Å². The molecule has 2 heterocycles. The normalized spacial score (nSPS) is 18.1. The summed E-state index contributed by atoms with van der Waals surface area (Å²) < 4.78 is 13.4. The second-order valence-corrected chi connectivity index (χ2v) is 4.47. The molecule has 2 N–H and O–H groups in total. The number of ketones is 1. The number of carbonyl (C=O) groups excluding carboxylic acids is 1. The van der Waals surface area contributed by atoms with E-state index < -0.39 is 23.4 Å². The standard InChI is InChI=1S/C12H13FN2O4/c13-10-8(2-1-5-14-10)9(16)12(19)3-6-15(7-4-12)11(17)18/h1-2,5,19H,3-4,6-7H2,(H,17,18). The molecule has 1 aliphatic rings. The van der Waals surface area contributed by atoms with Gasteiger partial charge in [-0.15, -0.1) is 0 Å². The van der Waals surface area contributed by atoms with E-state index in [1.807, 2.05) is 0 Å². The number of Topliss-reactive ketones (excluding diaryl/α,β-unsaturated/α-hetero) is 1. The molecule has 2 rings (SSSR count). The minimum atomic E-state index is -1.73. The topological polar surface area (TPSA) is 90.7 Å². The molecule has 0 unspecified atom stereocenters. The van der Waals surface area contributed by atoms with Gasteiger partial charge in [-0.3, -0.25) is 4.79 Å². The van der Waals surface area contributed by atoms with Crippen molar-refractivity contribution < 1.29 is 24.2 Å². The number of halogens is 1. The third kappa shape index (κ3) is 2.55. The average Bonchev–Trinajstić information content (AvgIpc) is 2.39. The minimum Gasteiger partial charge on any atom is -0.465 e. The summed E-state index contributed by atoms with van der Waals surface area (Å²) in [5, 5.41) is 19.1. The largest absolute Gasteiger partial charge is 0.465 e. The second-order valence-electron chi connectivity index (χ2n) is 4.47. The number of carbonyl (C=O) groups is 2. The molecule has 102 valence electrons. The first-order valence-electron chi connectivity index (χ1n) is 5.79. The van der Waals surface area contributed by atoms with Crippen molar-refractivity contribution in [1.29, 1.82) is 0 Å². The molecule has 1 aromatic heterocycles. The molecule has 0 radical (unpaired) electrons. The molecule has 1 amide bonds. The van der Waals surface area contributed by atoms with Crippen molar-refractivity contribution in [2.75, 3.05) is 13.1 Å². The first-order chi connectivity index (χ1) is 8.94. The van der Waals surface area contributed by atoms with Crippen molar-refractivity contribution in [2.24, 2.45) is 0 Å². The van der Waals surface area contributed by atoms with Gasteiger partial charge in [0.05, 0.1) is 5.56 Å². The van der Waals surface area contributed by atoms with Crippen LogP contribution in [-0.2, 0) is 0 Å². The van der Waals surface area contributed by atoms with Gasteiger partial charge in [0.1, 0.15) is 5.60 Å². The summed E-state index contributed by atoms with van der Waals surface area (Å²) in [4.78, 5) is 27.4. The highest BCUT2D eigenvalue weighted by molar-refractivity contribution is 6.02. The molecule has 7 heteroatoms. The van der Waals surface area contributed by atoms with Crippen molar-refractivity contribution >= 4 is 11.9 Å². The third-order valence-corrected chi connectivity index (χ3v) is 3.29. The molecule has 0 spiro atoms. The Kier molecular flexibility index (Phi) is 3.48. The maximum Gasteiger partial charge on any atom is 0.407 e. The summed E-state index contributed by atoms with van der Waals surface area (Å²) in [7, 11) is 0. The van der Waals surface area contributed by atoms with E-state index in [2.05, 4.69) is 4.98 Å². The number of likely N-dealkylation sites (tertiary alicyclic amines) is 1. The van der Waals surface area contributed by atoms with Gasteiger partial charge < -0.3 is 15.1 Å². The van der Waals surface area contributed by atoms with E-state index in [1.54, 1.807) is 0 Å². The Hall–Kier alpha value is -2.02. The molecule has 0 atom stereocenters. The van der Waals surface area contributed by atoms with Crippen molar-refractivity contribution in [1.82, 2.24) is 9.88 Å². The van der Waals surface area contributed by atoms with Crippen molar-refractivity contribution in [3.05, 3.63) is 29.8 Å². The molecular formula is C12H13FN2O4. The van der Waals surface area contributed by atoms with E-state index in [0.717, 1.165) is 4.90 Å². The van der Waals surface area contributed by atoms with Crippen LogP contribution in [0, 0.1) is 5.95 Å². The highest BCUT2D eigenvalue weighted by atomic mass is 19.1. The highest BCUT2D eigenvalue weighted by Crippen LogP contribution is 2.27. The van der Waals surface area contributed by atoms with Crippen molar-refractivity contribution in [2.45, 2.75) is 18.4 Å². The smallest absolute Gasteiger partial charge is 0.407 e. The summed E-state index contributed by atoms with van der Waals surface area (Å²) in [6.07, 6.45) is 0.0179. The van der Waals surface area contributed by atoms with Crippen LogP contribution in [0.4, 0.5) is 9.18 Å². The van der Waals surface area contributed by atoms with Gasteiger partial charge in [-0.2, -0.15) is 4.39 Å². The van der Waals surface area contributed by atoms with Gasteiger partial charge in [0, 0.05) is 32.1 Å². The van der Waals surface area contributed by atoms with Gasteiger partial charge in [0.25, 0.3) is 0 Å². The SMILES string of the molecule is O=C(O)N1CCC(O)(C(=O)c2cccnc2F)CC1. The molecule has 1 fully saturated rings. The Morgan fingerprint density at radius 3 is 2.53 bits per heavy atom. The van der Waals surface area contributed by atoms with Gasteiger partial charge in [0.2, 0.25) is 5.95 Å². The van der Waals surface area contributed by atoms with E-state index in [-0.39, 0.29) is 31.5 Å². The van der Waals surface area contributed by atoms with Crippen LogP contribution in [0.3, 0.4) is 0 Å². The fraction of sp³-hybridized carbons (Fsp3) is 0.417. The summed E-state index contributed by atoms with van der Waals surface area (Å²) >= 11 is 0. The van der Waals surface area contributed by atoms with E-state index in [0.29, 0.717) is 0 Å². The average molecular weight is 268 g/mol. The van der Waals surface area contributed by atoms with Crippen molar-refractivity contribution in [3.63, 3.8) is 0 Å². The Bertz CT molecular complexity index is 512. The number of pyridine rings is 1. The zero-order valence-electron chi connectivity index (χ0n) is 10.0.